The van der Waals surface area contributed by atoms with E-state index in [4.69, 9.17) is 5.11 Å². The average Bonchev–Trinajstić information content (AvgIpc) is 2.10. The third-order valence-corrected chi connectivity index (χ3v) is 1.64. The van der Waals surface area contributed by atoms with E-state index < -0.39 is 0 Å². The van der Waals surface area contributed by atoms with Gasteiger partial charge < -0.3 is 5.11 Å². The average molecular weight is 168 g/mol. The van der Waals surface area contributed by atoms with Gasteiger partial charge in [-0.15, -0.1) is 0 Å². The second-order valence-electron chi connectivity index (χ2n) is 2.86. The van der Waals surface area contributed by atoms with E-state index in [9.17, 15) is 0 Å². The third-order valence-electron chi connectivity index (χ3n) is 1.64. The molecule has 12 heavy (non-hydrogen) atoms. The molecule has 0 atom stereocenters. The fourth-order valence-corrected chi connectivity index (χ4v) is 0.881. The molecule has 0 saturated carbocycles. The van der Waals surface area contributed by atoms with Crippen molar-refractivity contribution in [3.63, 3.8) is 0 Å². The summed E-state index contributed by atoms with van der Waals surface area (Å²) in [5, 5.41) is 8.49. The van der Waals surface area contributed by atoms with Crippen molar-refractivity contribution in [2.24, 2.45) is 0 Å². The largest absolute Gasteiger partial charge is 0.396 e. The third kappa shape index (κ3) is 9.44. The summed E-state index contributed by atoms with van der Waals surface area (Å²) < 4.78 is 0. The van der Waals surface area contributed by atoms with Gasteiger partial charge in [-0.2, -0.15) is 0 Å². The molecule has 1 N–H and O–H groups in total. The number of rotatable bonds is 7. The van der Waals surface area contributed by atoms with Gasteiger partial charge >= 0.3 is 0 Å². The van der Waals surface area contributed by atoms with Crippen LogP contribution >= 0.6 is 0 Å². The van der Waals surface area contributed by atoms with Gasteiger partial charge in [0.25, 0.3) is 0 Å². The highest BCUT2D eigenvalue weighted by atomic mass is 16.2. The summed E-state index contributed by atoms with van der Waals surface area (Å²) in [5.74, 6) is 0. The Morgan fingerprint density at radius 3 is 2.08 bits per heavy atom. The molecular formula is C11H20O. The molecule has 1 heteroatoms. The van der Waals surface area contributed by atoms with E-state index >= 15 is 0 Å². The number of aliphatic hydroxyl groups excluding tert-OH is 1. The van der Waals surface area contributed by atoms with Gasteiger partial charge in [-0.05, 0) is 19.3 Å². The molecule has 0 radical (unpaired) electrons. The topological polar surface area (TPSA) is 20.2 Å². The van der Waals surface area contributed by atoms with Crippen LogP contribution in [-0.2, 0) is 0 Å². The molecule has 0 aliphatic carbocycles. The van der Waals surface area contributed by atoms with E-state index in [1.54, 1.807) is 0 Å². The highest BCUT2D eigenvalue weighted by molar-refractivity contribution is 5.02. The number of hydrogen-bond acceptors (Lipinski definition) is 1. The first-order valence-corrected chi connectivity index (χ1v) is 4.84. The SMILES string of the molecule is CCCC/C=C/C=C/CCCO. The predicted octanol–water partition coefficient (Wildman–Crippen LogP) is 3.06. The quantitative estimate of drug-likeness (QED) is 0.457. The van der Waals surface area contributed by atoms with E-state index in [-0.39, 0.29) is 0 Å². The molecule has 0 aromatic heterocycles. The first-order chi connectivity index (χ1) is 5.91. The molecule has 0 saturated heterocycles. The fourth-order valence-electron chi connectivity index (χ4n) is 0.881. The molecule has 0 spiro atoms. The predicted molar refractivity (Wildman–Crippen MR) is 54.1 cm³/mol. The number of unbranched alkanes of at least 4 members (excludes halogenated alkanes) is 3. The Morgan fingerprint density at radius 1 is 1.00 bits per heavy atom. The number of hydrogen-bond donors (Lipinski definition) is 1. The molecule has 0 fully saturated rings. The second kappa shape index (κ2) is 10.4. The monoisotopic (exact) mass is 168 g/mol. The molecule has 0 aliphatic heterocycles. The lowest BCUT2D eigenvalue weighted by Crippen LogP contribution is -1.77. The van der Waals surface area contributed by atoms with Crippen LogP contribution in [0.5, 0.6) is 0 Å². The Kier molecular flexibility index (Phi) is 9.95. The zero-order valence-corrected chi connectivity index (χ0v) is 8.00. The van der Waals surface area contributed by atoms with E-state index in [1.807, 2.05) is 0 Å². The molecule has 1 nitrogen and oxygen atoms in total. The lowest BCUT2D eigenvalue weighted by molar-refractivity contribution is 0.289. The first kappa shape index (κ1) is 11.4. The summed E-state index contributed by atoms with van der Waals surface area (Å²) in [7, 11) is 0. The maximum Gasteiger partial charge on any atom is 0.0433 e. The minimum Gasteiger partial charge on any atom is -0.396 e. The maximum absolute atomic E-state index is 8.49. The van der Waals surface area contributed by atoms with Gasteiger partial charge in [-0.3, -0.25) is 0 Å². The highest BCUT2D eigenvalue weighted by Gasteiger charge is 1.77. The van der Waals surface area contributed by atoms with Gasteiger partial charge in [-0.1, -0.05) is 44.1 Å². The van der Waals surface area contributed by atoms with Crippen molar-refractivity contribution < 1.29 is 5.11 Å². The minimum atomic E-state index is 0.296. The van der Waals surface area contributed by atoms with E-state index in [2.05, 4.69) is 31.2 Å². The van der Waals surface area contributed by atoms with Crippen molar-refractivity contribution in [1.82, 2.24) is 0 Å². The van der Waals surface area contributed by atoms with Crippen LogP contribution in [0, 0.1) is 0 Å². The molecule has 0 heterocycles. The summed E-state index contributed by atoms with van der Waals surface area (Å²) in [6.45, 7) is 2.49. The smallest absolute Gasteiger partial charge is 0.0433 e. The van der Waals surface area contributed by atoms with Crippen LogP contribution in [-0.4, -0.2) is 11.7 Å². The van der Waals surface area contributed by atoms with Crippen LogP contribution in [0.4, 0.5) is 0 Å². The van der Waals surface area contributed by atoms with Gasteiger partial charge in [0.1, 0.15) is 0 Å². The lowest BCUT2D eigenvalue weighted by atomic mass is 10.2. The van der Waals surface area contributed by atoms with Gasteiger partial charge in [0.15, 0.2) is 0 Å². The van der Waals surface area contributed by atoms with Crippen LogP contribution in [0.25, 0.3) is 0 Å². The Balaban J connectivity index is 3.15. The molecule has 0 aliphatic rings. The summed E-state index contributed by atoms with van der Waals surface area (Å²) in [6.07, 6.45) is 14.0. The summed E-state index contributed by atoms with van der Waals surface area (Å²) >= 11 is 0. The minimum absolute atomic E-state index is 0.296. The lowest BCUT2D eigenvalue weighted by Gasteiger charge is -1.87. The molecular weight excluding hydrogens is 148 g/mol. The van der Waals surface area contributed by atoms with Crippen LogP contribution in [0.15, 0.2) is 24.3 Å². The maximum atomic E-state index is 8.49. The second-order valence-corrected chi connectivity index (χ2v) is 2.86. The highest BCUT2D eigenvalue weighted by Crippen LogP contribution is 1.95. The normalized spacial score (nSPS) is 11.8. The first-order valence-electron chi connectivity index (χ1n) is 4.84. The Labute approximate surface area is 75.8 Å². The van der Waals surface area contributed by atoms with Crippen molar-refractivity contribution in [3.8, 4) is 0 Å². The molecule has 0 bridgehead atoms. The summed E-state index contributed by atoms with van der Waals surface area (Å²) in [4.78, 5) is 0. The van der Waals surface area contributed by atoms with Crippen molar-refractivity contribution >= 4 is 0 Å². The number of allylic oxidation sites excluding steroid dienone is 4. The van der Waals surface area contributed by atoms with Gasteiger partial charge in [0.2, 0.25) is 0 Å². The summed E-state index contributed by atoms with van der Waals surface area (Å²) in [5.41, 5.74) is 0. The van der Waals surface area contributed by atoms with Crippen molar-refractivity contribution in [1.29, 1.82) is 0 Å². The van der Waals surface area contributed by atoms with E-state index in [1.165, 1.54) is 19.3 Å². The summed E-state index contributed by atoms with van der Waals surface area (Å²) in [6, 6.07) is 0. The number of aliphatic hydroxyl groups is 1. The molecule has 0 aromatic rings. The van der Waals surface area contributed by atoms with Gasteiger partial charge in [0, 0.05) is 6.61 Å². The molecule has 0 rings (SSSR count). The van der Waals surface area contributed by atoms with Gasteiger partial charge in [0.05, 0.1) is 0 Å². The van der Waals surface area contributed by atoms with Crippen LogP contribution in [0.3, 0.4) is 0 Å². The van der Waals surface area contributed by atoms with Crippen LogP contribution in [0.1, 0.15) is 39.0 Å². The van der Waals surface area contributed by atoms with Crippen LogP contribution in [0.2, 0.25) is 0 Å². The standard InChI is InChI=1S/C11H20O/c1-2-3-4-5-6-7-8-9-10-11-12/h5-8,12H,2-4,9-11H2,1H3/b6-5+,8-7+. The Morgan fingerprint density at radius 2 is 1.58 bits per heavy atom. The van der Waals surface area contributed by atoms with Crippen LogP contribution < -0.4 is 0 Å². The Hall–Kier alpha value is -0.560. The molecule has 0 unspecified atom stereocenters. The van der Waals surface area contributed by atoms with Gasteiger partial charge in [-0.25, -0.2) is 0 Å². The van der Waals surface area contributed by atoms with E-state index in [0.29, 0.717) is 6.61 Å². The molecule has 0 aromatic carbocycles. The molecule has 70 valence electrons. The van der Waals surface area contributed by atoms with Crippen molar-refractivity contribution in [2.45, 2.75) is 39.0 Å². The zero-order chi connectivity index (χ0) is 9.07. The Bertz CT molecular complexity index is 109. The molecule has 0 amide bonds. The zero-order valence-electron chi connectivity index (χ0n) is 8.00. The van der Waals surface area contributed by atoms with E-state index in [0.717, 1.165) is 12.8 Å². The van der Waals surface area contributed by atoms with Crippen molar-refractivity contribution in [2.75, 3.05) is 6.61 Å². The fraction of sp³-hybridized carbons (Fsp3) is 0.636. The van der Waals surface area contributed by atoms with Crippen molar-refractivity contribution in [3.05, 3.63) is 24.3 Å².